The van der Waals surface area contributed by atoms with Crippen LogP contribution in [-0.4, -0.2) is 55.8 Å². The summed E-state index contributed by atoms with van der Waals surface area (Å²) in [6.07, 6.45) is 2.40. The van der Waals surface area contributed by atoms with Gasteiger partial charge < -0.3 is 14.7 Å². The summed E-state index contributed by atoms with van der Waals surface area (Å²) in [6.45, 7) is 6.16. The number of rotatable bonds is 3. The Hall–Kier alpha value is -2.12. The molecule has 1 aromatic rings. The second kappa shape index (κ2) is 6.17. The van der Waals surface area contributed by atoms with Crippen molar-refractivity contribution in [2.75, 3.05) is 13.1 Å². The predicted molar refractivity (Wildman–Crippen MR) is 81.8 cm³/mol. The normalized spacial score (nSPS) is 17.8. The van der Waals surface area contributed by atoms with Crippen molar-refractivity contribution in [3.05, 3.63) is 11.9 Å². The lowest BCUT2D eigenvalue weighted by Gasteiger charge is -2.38. The van der Waals surface area contributed by atoms with Crippen molar-refractivity contribution in [3.8, 4) is 0 Å². The van der Waals surface area contributed by atoms with Crippen molar-refractivity contribution >= 4 is 12.1 Å². The number of aromatic nitrogens is 3. The van der Waals surface area contributed by atoms with Gasteiger partial charge in [0.25, 0.3) is 0 Å². The molecular formula is C15H24N4O4. The quantitative estimate of drug-likeness (QED) is 0.904. The van der Waals surface area contributed by atoms with Crippen LogP contribution in [0.4, 0.5) is 4.79 Å². The molecule has 0 unspecified atom stereocenters. The van der Waals surface area contributed by atoms with E-state index in [1.807, 2.05) is 20.8 Å². The van der Waals surface area contributed by atoms with Crippen LogP contribution in [-0.2, 0) is 23.0 Å². The van der Waals surface area contributed by atoms with E-state index in [4.69, 9.17) is 4.74 Å². The Morgan fingerprint density at radius 3 is 2.39 bits per heavy atom. The first-order valence-corrected chi connectivity index (χ1v) is 7.68. The highest BCUT2D eigenvalue weighted by Gasteiger charge is 2.43. The molecule has 1 N–H and O–H groups in total. The standard InChI is InChI=1S/C15H24N4O4/c1-14(2,3)23-13(22)19-7-5-15(6-8-19,12(20)21)9-11-10-18(4)17-16-11/h10H,5-9H2,1-4H3,(H,20,21). The van der Waals surface area contributed by atoms with Gasteiger partial charge in [-0.25, -0.2) is 4.79 Å². The zero-order valence-electron chi connectivity index (χ0n) is 14.1. The smallest absolute Gasteiger partial charge is 0.410 e. The maximum absolute atomic E-state index is 12.1. The molecule has 2 rings (SSSR count). The van der Waals surface area contributed by atoms with Crippen LogP contribution < -0.4 is 0 Å². The summed E-state index contributed by atoms with van der Waals surface area (Å²) in [4.78, 5) is 25.5. The van der Waals surface area contributed by atoms with Gasteiger partial charge in [0, 0.05) is 32.8 Å². The van der Waals surface area contributed by atoms with Crippen LogP contribution in [0.15, 0.2) is 6.20 Å². The molecule has 0 bridgehead atoms. The maximum atomic E-state index is 12.1. The van der Waals surface area contributed by atoms with E-state index in [1.54, 1.807) is 22.8 Å². The molecule has 23 heavy (non-hydrogen) atoms. The number of carboxylic acid groups (broad SMARTS) is 1. The fourth-order valence-electron chi connectivity index (χ4n) is 2.73. The van der Waals surface area contributed by atoms with Crippen molar-refractivity contribution in [3.63, 3.8) is 0 Å². The van der Waals surface area contributed by atoms with Crippen molar-refractivity contribution < 1.29 is 19.4 Å². The average Bonchev–Trinajstić information content (AvgIpc) is 2.82. The van der Waals surface area contributed by atoms with Gasteiger partial charge in [0.1, 0.15) is 5.60 Å². The molecular weight excluding hydrogens is 300 g/mol. The first-order valence-electron chi connectivity index (χ1n) is 7.68. The monoisotopic (exact) mass is 324 g/mol. The van der Waals surface area contributed by atoms with Crippen molar-refractivity contribution in [1.29, 1.82) is 0 Å². The lowest BCUT2D eigenvalue weighted by molar-refractivity contribution is -0.152. The van der Waals surface area contributed by atoms with Crippen LogP contribution in [0.3, 0.4) is 0 Å². The van der Waals surface area contributed by atoms with Gasteiger partial charge in [-0.2, -0.15) is 0 Å². The fraction of sp³-hybridized carbons (Fsp3) is 0.733. The van der Waals surface area contributed by atoms with E-state index in [9.17, 15) is 14.7 Å². The zero-order valence-corrected chi connectivity index (χ0v) is 14.1. The van der Waals surface area contributed by atoms with E-state index in [-0.39, 0.29) is 0 Å². The highest BCUT2D eigenvalue weighted by molar-refractivity contribution is 5.76. The second-order valence-corrected chi connectivity index (χ2v) is 7.11. The van der Waals surface area contributed by atoms with Crippen molar-refractivity contribution in [2.45, 2.75) is 45.6 Å². The molecule has 1 fully saturated rings. The number of ether oxygens (including phenoxy) is 1. The molecule has 1 amide bonds. The molecule has 1 aromatic heterocycles. The maximum Gasteiger partial charge on any atom is 0.410 e. The second-order valence-electron chi connectivity index (χ2n) is 7.11. The Morgan fingerprint density at radius 2 is 1.96 bits per heavy atom. The Bertz CT molecular complexity index is 583. The van der Waals surface area contributed by atoms with Gasteiger partial charge in [-0.3, -0.25) is 9.48 Å². The molecule has 0 saturated carbocycles. The Balaban J connectivity index is 2.03. The summed E-state index contributed by atoms with van der Waals surface area (Å²) in [6, 6.07) is 0. The minimum Gasteiger partial charge on any atom is -0.481 e. The van der Waals surface area contributed by atoms with Crippen LogP contribution in [0.1, 0.15) is 39.3 Å². The molecule has 0 radical (unpaired) electrons. The van der Waals surface area contributed by atoms with Crippen LogP contribution in [0.2, 0.25) is 0 Å². The number of hydrogen-bond acceptors (Lipinski definition) is 5. The van der Waals surface area contributed by atoms with Gasteiger partial charge in [-0.1, -0.05) is 5.21 Å². The Morgan fingerprint density at radius 1 is 1.35 bits per heavy atom. The number of hydrogen-bond donors (Lipinski definition) is 1. The van der Waals surface area contributed by atoms with E-state index in [0.717, 1.165) is 0 Å². The zero-order chi connectivity index (χ0) is 17.3. The van der Waals surface area contributed by atoms with Crippen LogP contribution in [0.5, 0.6) is 0 Å². The first kappa shape index (κ1) is 17.2. The molecule has 8 heteroatoms. The minimum atomic E-state index is -0.908. The molecule has 0 atom stereocenters. The SMILES string of the molecule is Cn1cc(CC2(C(=O)O)CCN(C(=O)OC(C)(C)C)CC2)nn1. The molecule has 2 heterocycles. The van der Waals surface area contributed by atoms with E-state index in [0.29, 0.717) is 38.0 Å². The molecule has 128 valence electrons. The lowest BCUT2D eigenvalue weighted by atomic mass is 9.75. The van der Waals surface area contributed by atoms with Crippen LogP contribution in [0, 0.1) is 5.41 Å². The Kier molecular flexibility index (Phi) is 4.63. The summed E-state index contributed by atoms with van der Waals surface area (Å²) in [5.74, 6) is -0.855. The van der Waals surface area contributed by atoms with Gasteiger partial charge in [0.15, 0.2) is 0 Å². The third-order valence-electron chi connectivity index (χ3n) is 4.00. The highest BCUT2D eigenvalue weighted by atomic mass is 16.6. The average molecular weight is 324 g/mol. The summed E-state index contributed by atoms with van der Waals surface area (Å²) in [5, 5.41) is 17.5. The van der Waals surface area contributed by atoms with E-state index in [1.165, 1.54) is 0 Å². The molecule has 0 spiro atoms. The number of carboxylic acids is 1. The number of carbonyl (C=O) groups is 2. The van der Waals surface area contributed by atoms with Gasteiger partial charge in [0.2, 0.25) is 0 Å². The molecule has 1 saturated heterocycles. The lowest BCUT2D eigenvalue weighted by Crippen LogP contribution is -2.48. The van der Waals surface area contributed by atoms with Gasteiger partial charge >= 0.3 is 12.1 Å². The topological polar surface area (TPSA) is 97.6 Å². The number of aryl methyl sites for hydroxylation is 1. The molecule has 8 nitrogen and oxygen atoms in total. The van der Waals surface area contributed by atoms with Gasteiger partial charge in [0.05, 0.1) is 11.1 Å². The van der Waals surface area contributed by atoms with Gasteiger partial charge in [-0.05, 0) is 33.6 Å². The molecule has 0 aromatic carbocycles. The summed E-state index contributed by atoms with van der Waals surface area (Å²) in [5.41, 5.74) is -0.812. The van der Waals surface area contributed by atoms with Crippen molar-refractivity contribution in [2.24, 2.45) is 12.5 Å². The number of nitrogens with zero attached hydrogens (tertiary/aromatic N) is 4. The highest BCUT2D eigenvalue weighted by Crippen LogP contribution is 2.35. The first-order chi connectivity index (χ1) is 10.6. The molecule has 1 aliphatic heterocycles. The number of amides is 1. The largest absolute Gasteiger partial charge is 0.481 e. The van der Waals surface area contributed by atoms with E-state index >= 15 is 0 Å². The summed E-state index contributed by atoms with van der Waals surface area (Å²) in [7, 11) is 1.75. The number of aliphatic carboxylic acids is 1. The van der Waals surface area contributed by atoms with Crippen molar-refractivity contribution in [1.82, 2.24) is 19.9 Å². The van der Waals surface area contributed by atoms with E-state index < -0.39 is 23.1 Å². The third-order valence-corrected chi connectivity index (χ3v) is 4.00. The molecule has 1 aliphatic rings. The summed E-state index contributed by atoms with van der Waals surface area (Å²) >= 11 is 0. The van der Waals surface area contributed by atoms with Crippen LogP contribution in [0.25, 0.3) is 0 Å². The third kappa shape index (κ3) is 4.20. The number of piperidine rings is 1. The number of likely N-dealkylation sites (tertiary alicyclic amines) is 1. The minimum absolute atomic E-state index is 0.318. The number of carbonyl (C=O) groups excluding carboxylic acids is 1. The predicted octanol–water partition coefficient (Wildman–Crippen LogP) is 1.46. The molecule has 0 aliphatic carbocycles. The summed E-state index contributed by atoms with van der Waals surface area (Å²) < 4.78 is 6.90. The van der Waals surface area contributed by atoms with Crippen LogP contribution >= 0.6 is 0 Å². The van der Waals surface area contributed by atoms with E-state index in [2.05, 4.69) is 10.3 Å². The fourth-order valence-corrected chi connectivity index (χ4v) is 2.73. The van der Waals surface area contributed by atoms with Gasteiger partial charge in [-0.15, -0.1) is 5.10 Å². The Labute approximate surface area is 135 Å².